The van der Waals surface area contributed by atoms with Gasteiger partial charge in [-0.1, -0.05) is 13.8 Å². The van der Waals surface area contributed by atoms with Crippen molar-refractivity contribution in [3.8, 4) is 0 Å². The van der Waals surface area contributed by atoms with Crippen LogP contribution in [0.15, 0.2) is 12.3 Å². The van der Waals surface area contributed by atoms with Crippen LogP contribution in [0.4, 0.5) is 11.8 Å². The molecule has 7 nitrogen and oxygen atoms in total. The van der Waals surface area contributed by atoms with Gasteiger partial charge < -0.3 is 9.80 Å². The van der Waals surface area contributed by atoms with Gasteiger partial charge in [-0.2, -0.15) is 5.10 Å². The first-order valence-corrected chi connectivity index (χ1v) is 9.94. The Balaban J connectivity index is 1.70. The van der Waals surface area contributed by atoms with Crippen LogP contribution in [0.1, 0.15) is 54.0 Å². The van der Waals surface area contributed by atoms with Gasteiger partial charge in [-0.15, -0.1) is 5.10 Å². The molecular weight excluding hydrogens is 352 g/mol. The van der Waals surface area contributed by atoms with E-state index in [1.807, 2.05) is 34.6 Å². The van der Waals surface area contributed by atoms with Crippen LogP contribution in [0.2, 0.25) is 0 Å². The van der Waals surface area contributed by atoms with Crippen LogP contribution in [-0.4, -0.2) is 52.1 Å². The number of piperidine rings is 1. The van der Waals surface area contributed by atoms with Crippen molar-refractivity contribution in [2.75, 3.05) is 29.9 Å². The van der Waals surface area contributed by atoms with Gasteiger partial charge in [0, 0.05) is 32.1 Å². The van der Waals surface area contributed by atoms with Crippen LogP contribution >= 0.6 is 0 Å². The molecule has 0 bridgehead atoms. The molecule has 0 aliphatic carbocycles. The molecule has 2 aromatic heterocycles. The number of carbonyl (C=O) groups is 1. The van der Waals surface area contributed by atoms with Crippen molar-refractivity contribution in [3.63, 3.8) is 0 Å². The third-order valence-corrected chi connectivity index (χ3v) is 5.46. The monoisotopic (exact) mass is 382 g/mol. The molecule has 28 heavy (non-hydrogen) atoms. The molecule has 1 fully saturated rings. The van der Waals surface area contributed by atoms with Gasteiger partial charge in [-0.05, 0) is 45.2 Å². The van der Waals surface area contributed by atoms with E-state index in [0.717, 1.165) is 54.6 Å². The summed E-state index contributed by atoms with van der Waals surface area (Å²) in [7, 11) is 2.08. The second kappa shape index (κ2) is 8.20. The highest BCUT2D eigenvalue weighted by Crippen LogP contribution is 2.24. The fourth-order valence-corrected chi connectivity index (χ4v) is 3.75. The van der Waals surface area contributed by atoms with Gasteiger partial charge in [-0.3, -0.25) is 4.79 Å². The van der Waals surface area contributed by atoms with Crippen LogP contribution in [0.3, 0.4) is 0 Å². The van der Waals surface area contributed by atoms with Crippen LogP contribution in [0, 0.1) is 26.7 Å². The fourth-order valence-electron chi connectivity index (χ4n) is 3.75. The molecule has 3 rings (SSSR count). The summed E-state index contributed by atoms with van der Waals surface area (Å²) in [6.07, 6.45) is 3.77. The van der Waals surface area contributed by atoms with E-state index in [1.54, 1.807) is 6.20 Å². The molecule has 7 heteroatoms. The summed E-state index contributed by atoms with van der Waals surface area (Å²) < 4.78 is 0. The van der Waals surface area contributed by atoms with Gasteiger partial charge in [0.2, 0.25) is 5.95 Å². The van der Waals surface area contributed by atoms with Gasteiger partial charge in [0.05, 0.1) is 23.1 Å². The molecule has 0 amide bonds. The van der Waals surface area contributed by atoms with Crippen molar-refractivity contribution in [2.45, 2.75) is 53.5 Å². The second-order valence-electron chi connectivity index (χ2n) is 8.01. The average Bonchev–Trinajstić information content (AvgIpc) is 2.66. The van der Waals surface area contributed by atoms with Crippen molar-refractivity contribution in [2.24, 2.45) is 5.92 Å². The Labute approximate surface area is 167 Å². The van der Waals surface area contributed by atoms with Crippen LogP contribution in [0.25, 0.3) is 0 Å². The van der Waals surface area contributed by atoms with E-state index in [9.17, 15) is 4.79 Å². The predicted molar refractivity (Wildman–Crippen MR) is 111 cm³/mol. The van der Waals surface area contributed by atoms with Crippen molar-refractivity contribution >= 4 is 17.5 Å². The lowest BCUT2D eigenvalue weighted by Crippen LogP contribution is -2.44. The van der Waals surface area contributed by atoms with E-state index < -0.39 is 0 Å². The van der Waals surface area contributed by atoms with Crippen molar-refractivity contribution in [1.82, 2.24) is 20.2 Å². The highest BCUT2D eigenvalue weighted by molar-refractivity contribution is 5.99. The summed E-state index contributed by atoms with van der Waals surface area (Å²) in [5.41, 5.74) is 3.34. The fraction of sp³-hybridized carbons (Fsp3) is 0.571. The molecular formula is C21H30N6O. The van der Waals surface area contributed by atoms with Gasteiger partial charge in [0.15, 0.2) is 11.6 Å². The number of hydrogen-bond donors (Lipinski definition) is 0. The lowest BCUT2D eigenvalue weighted by molar-refractivity contribution is 0.0937. The zero-order valence-electron chi connectivity index (χ0n) is 17.7. The summed E-state index contributed by atoms with van der Waals surface area (Å²) in [6.45, 7) is 11.4. The Hall–Kier alpha value is -2.57. The predicted octanol–water partition coefficient (Wildman–Crippen LogP) is 3.14. The molecule has 150 valence electrons. The highest BCUT2D eigenvalue weighted by Gasteiger charge is 2.26. The first-order valence-electron chi connectivity index (χ1n) is 9.94. The standard InChI is InChI=1S/C21H30N6O/c1-13(2)20(28)19-15(4)23-21(24-16(19)5)27-9-7-17(8-10-27)26(6)18-11-14(3)12-22-25-18/h11-13,17H,7-10H2,1-6H3. The van der Waals surface area contributed by atoms with E-state index in [0.29, 0.717) is 11.6 Å². The SMILES string of the molecule is Cc1cnnc(N(C)C2CCN(c3nc(C)c(C(=O)C(C)C)c(C)n3)CC2)c1. The molecule has 0 saturated carbocycles. The van der Waals surface area contributed by atoms with E-state index in [2.05, 4.69) is 43.1 Å². The molecule has 1 aliphatic heterocycles. The molecule has 0 aromatic carbocycles. The average molecular weight is 383 g/mol. The second-order valence-corrected chi connectivity index (χ2v) is 8.01. The molecule has 3 heterocycles. The molecule has 0 N–H and O–H groups in total. The minimum Gasteiger partial charge on any atom is -0.355 e. The Bertz CT molecular complexity index is 835. The minimum absolute atomic E-state index is 0.0529. The van der Waals surface area contributed by atoms with E-state index >= 15 is 0 Å². The first kappa shape index (κ1) is 20.2. The smallest absolute Gasteiger partial charge is 0.225 e. The van der Waals surface area contributed by atoms with Crippen molar-refractivity contribution in [3.05, 3.63) is 34.8 Å². The van der Waals surface area contributed by atoms with Crippen molar-refractivity contribution < 1.29 is 4.79 Å². The largest absolute Gasteiger partial charge is 0.355 e. The van der Waals surface area contributed by atoms with Gasteiger partial charge in [-0.25, -0.2) is 9.97 Å². The maximum absolute atomic E-state index is 12.4. The van der Waals surface area contributed by atoms with E-state index in [4.69, 9.17) is 0 Å². The van der Waals surface area contributed by atoms with Gasteiger partial charge in [0.25, 0.3) is 0 Å². The number of rotatable bonds is 5. The summed E-state index contributed by atoms with van der Waals surface area (Å²) in [4.78, 5) is 26.2. The number of ketones is 1. The zero-order chi connectivity index (χ0) is 20.4. The lowest BCUT2D eigenvalue weighted by Gasteiger charge is -2.37. The molecule has 1 aliphatic rings. The van der Waals surface area contributed by atoms with Crippen LogP contribution < -0.4 is 9.80 Å². The number of anilines is 2. The summed E-state index contributed by atoms with van der Waals surface area (Å²) >= 11 is 0. The number of hydrogen-bond acceptors (Lipinski definition) is 7. The van der Waals surface area contributed by atoms with Crippen LogP contribution in [0.5, 0.6) is 0 Å². The van der Waals surface area contributed by atoms with E-state index in [-0.39, 0.29) is 11.7 Å². The highest BCUT2D eigenvalue weighted by atomic mass is 16.1. The van der Waals surface area contributed by atoms with Gasteiger partial charge in [0.1, 0.15) is 0 Å². The first-order chi connectivity index (χ1) is 13.3. The third kappa shape index (κ3) is 4.13. The number of Topliss-reactive ketones (excluding diaryl/α,β-unsaturated/α-hetero) is 1. The third-order valence-electron chi connectivity index (χ3n) is 5.46. The molecule has 0 unspecified atom stereocenters. The quantitative estimate of drug-likeness (QED) is 0.735. The number of aromatic nitrogens is 4. The number of nitrogens with zero attached hydrogens (tertiary/aromatic N) is 6. The molecule has 0 spiro atoms. The lowest BCUT2D eigenvalue weighted by atomic mass is 9.98. The molecule has 0 atom stereocenters. The maximum Gasteiger partial charge on any atom is 0.225 e. The minimum atomic E-state index is -0.0529. The maximum atomic E-state index is 12.4. The molecule has 0 radical (unpaired) electrons. The topological polar surface area (TPSA) is 75.1 Å². The summed E-state index contributed by atoms with van der Waals surface area (Å²) in [6, 6.07) is 2.48. The number of aryl methyl sites for hydroxylation is 3. The number of carbonyl (C=O) groups excluding carboxylic acids is 1. The summed E-state index contributed by atoms with van der Waals surface area (Å²) in [5, 5.41) is 8.33. The Morgan fingerprint density at radius 2 is 1.75 bits per heavy atom. The Morgan fingerprint density at radius 3 is 2.29 bits per heavy atom. The Kier molecular flexibility index (Phi) is 5.91. The normalized spacial score (nSPS) is 15.2. The molecule has 1 saturated heterocycles. The Morgan fingerprint density at radius 1 is 1.14 bits per heavy atom. The van der Waals surface area contributed by atoms with Gasteiger partial charge >= 0.3 is 0 Å². The zero-order valence-corrected chi connectivity index (χ0v) is 17.7. The molecule has 2 aromatic rings. The van der Waals surface area contributed by atoms with Crippen LogP contribution in [-0.2, 0) is 0 Å². The van der Waals surface area contributed by atoms with Crippen molar-refractivity contribution in [1.29, 1.82) is 0 Å². The van der Waals surface area contributed by atoms with E-state index in [1.165, 1.54) is 0 Å². The summed E-state index contributed by atoms with van der Waals surface area (Å²) in [5.74, 6) is 1.70.